The zero-order valence-electron chi connectivity index (χ0n) is 11.6. The van der Waals surface area contributed by atoms with E-state index in [4.69, 9.17) is 19.5 Å². The Morgan fingerprint density at radius 1 is 1.40 bits per heavy atom. The van der Waals surface area contributed by atoms with Crippen LogP contribution >= 0.6 is 0 Å². The molecule has 0 heterocycles. The summed E-state index contributed by atoms with van der Waals surface area (Å²) in [5, 5.41) is 9.01. The van der Waals surface area contributed by atoms with Gasteiger partial charge in [-0.2, -0.15) is 5.26 Å². The van der Waals surface area contributed by atoms with Gasteiger partial charge in [-0.05, 0) is 30.7 Å². The summed E-state index contributed by atoms with van der Waals surface area (Å²) in [5.74, 6) is 0.0256. The molecule has 0 aliphatic rings. The third-order valence-corrected chi connectivity index (χ3v) is 2.34. The van der Waals surface area contributed by atoms with Gasteiger partial charge in [0.15, 0.2) is 0 Å². The fourth-order valence-corrected chi connectivity index (χ4v) is 1.46. The molecular formula is C15H17NO4. The molecule has 0 fully saturated rings. The number of nitrogens with zero attached hydrogens (tertiary/aromatic N) is 1. The molecule has 1 rings (SSSR count). The van der Waals surface area contributed by atoms with E-state index in [1.54, 1.807) is 18.2 Å². The Kier molecular flexibility index (Phi) is 6.87. The Balaban J connectivity index is 2.80. The van der Waals surface area contributed by atoms with E-state index in [9.17, 15) is 4.79 Å². The lowest BCUT2D eigenvalue weighted by Gasteiger charge is -2.04. The third-order valence-electron chi connectivity index (χ3n) is 2.34. The maximum Gasteiger partial charge on any atom is 0.348 e. The first-order chi connectivity index (χ1) is 9.71. The van der Waals surface area contributed by atoms with Gasteiger partial charge in [0, 0.05) is 7.11 Å². The summed E-state index contributed by atoms with van der Waals surface area (Å²) in [7, 11) is 1.51. The van der Waals surface area contributed by atoms with Crippen LogP contribution in [0.4, 0.5) is 0 Å². The van der Waals surface area contributed by atoms with Crippen LogP contribution in [0.15, 0.2) is 29.8 Å². The fourth-order valence-electron chi connectivity index (χ4n) is 1.46. The first-order valence-electron chi connectivity index (χ1n) is 6.22. The van der Waals surface area contributed by atoms with Crippen molar-refractivity contribution in [2.75, 3.05) is 26.9 Å². The highest BCUT2D eigenvalue weighted by atomic mass is 16.6. The summed E-state index contributed by atoms with van der Waals surface area (Å²) in [6.07, 6.45) is 1.47. The lowest BCUT2D eigenvalue weighted by atomic mass is 10.1. The number of hydrogen-bond donors (Lipinski definition) is 0. The van der Waals surface area contributed by atoms with Gasteiger partial charge in [0.05, 0.1) is 13.2 Å². The predicted octanol–water partition coefficient (Wildman–Crippen LogP) is 2.18. The van der Waals surface area contributed by atoms with E-state index in [1.807, 2.05) is 19.1 Å². The topological polar surface area (TPSA) is 68.5 Å². The van der Waals surface area contributed by atoms with Crippen LogP contribution in [0, 0.1) is 11.3 Å². The van der Waals surface area contributed by atoms with Crippen molar-refractivity contribution in [1.29, 1.82) is 5.26 Å². The second-order valence-corrected chi connectivity index (χ2v) is 3.80. The van der Waals surface area contributed by atoms with Crippen LogP contribution in [-0.2, 0) is 14.3 Å². The lowest BCUT2D eigenvalue weighted by molar-refractivity contribution is -0.139. The first-order valence-corrected chi connectivity index (χ1v) is 6.22. The van der Waals surface area contributed by atoms with Crippen molar-refractivity contribution in [3.05, 3.63) is 35.4 Å². The van der Waals surface area contributed by atoms with E-state index in [1.165, 1.54) is 13.2 Å². The maximum atomic E-state index is 11.7. The van der Waals surface area contributed by atoms with Gasteiger partial charge < -0.3 is 14.2 Å². The molecule has 5 nitrogen and oxygen atoms in total. The molecule has 20 heavy (non-hydrogen) atoms. The zero-order valence-corrected chi connectivity index (χ0v) is 11.6. The molecule has 106 valence electrons. The summed E-state index contributed by atoms with van der Waals surface area (Å²) in [6.45, 7) is 2.85. The summed E-state index contributed by atoms with van der Waals surface area (Å²) >= 11 is 0. The number of rotatable bonds is 7. The molecule has 0 atom stereocenters. The Morgan fingerprint density at radius 2 is 2.20 bits per heavy atom. The Bertz CT molecular complexity index is 517. The second-order valence-electron chi connectivity index (χ2n) is 3.80. The Morgan fingerprint density at radius 3 is 2.85 bits per heavy atom. The van der Waals surface area contributed by atoms with Crippen molar-refractivity contribution in [2.45, 2.75) is 6.92 Å². The van der Waals surface area contributed by atoms with Crippen molar-refractivity contribution in [3.63, 3.8) is 0 Å². The minimum Gasteiger partial charge on any atom is -0.494 e. The smallest absolute Gasteiger partial charge is 0.348 e. The molecular weight excluding hydrogens is 258 g/mol. The fraction of sp³-hybridized carbons (Fsp3) is 0.333. The van der Waals surface area contributed by atoms with Gasteiger partial charge in [0.25, 0.3) is 0 Å². The number of hydrogen-bond acceptors (Lipinski definition) is 5. The van der Waals surface area contributed by atoms with E-state index in [-0.39, 0.29) is 12.2 Å². The molecule has 0 aliphatic carbocycles. The van der Waals surface area contributed by atoms with Crippen LogP contribution in [0.25, 0.3) is 6.08 Å². The van der Waals surface area contributed by atoms with E-state index in [2.05, 4.69) is 0 Å². The quantitative estimate of drug-likeness (QED) is 0.330. The SMILES string of the molecule is CCOc1cccc(/C=C(/C#N)C(=O)OCCOC)c1. The van der Waals surface area contributed by atoms with Gasteiger partial charge in [-0.25, -0.2) is 4.79 Å². The van der Waals surface area contributed by atoms with Crippen molar-refractivity contribution in [3.8, 4) is 11.8 Å². The second kappa shape index (κ2) is 8.73. The van der Waals surface area contributed by atoms with Crippen molar-refractivity contribution >= 4 is 12.0 Å². The number of ether oxygens (including phenoxy) is 3. The van der Waals surface area contributed by atoms with Gasteiger partial charge >= 0.3 is 5.97 Å². The van der Waals surface area contributed by atoms with Crippen molar-refractivity contribution < 1.29 is 19.0 Å². The van der Waals surface area contributed by atoms with Crippen LogP contribution in [0.3, 0.4) is 0 Å². The Labute approximate surface area is 118 Å². The molecule has 5 heteroatoms. The van der Waals surface area contributed by atoms with E-state index < -0.39 is 5.97 Å². The standard InChI is InChI=1S/C15H17NO4/c1-3-19-14-6-4-5-12(10-14)9-13(11-16)15(17)20-8-7-18-2/h4-6,9-10H,3,7-8H2,1-2H3/b13-9-. The van der Waals surface area contributed by atoms with Gasteiger partial charge in [-0.15, -0.1) is 0 Å². The van der Waals surface area contributed by atoms with Crippen LogP contribution < -0.4 is 4.74 Å². The summed E-state index contributed by atoms with van der Waals surface area (Å²) in [5.41, 5.74) is 0.644. The summed E-state index contributed by atoms with van der Waals surface area (Å²) in [6, 6.07) is 8.97. The molecule has 0 saturated heterocycles. The van der Waals surface area contributed by atoms with Crippen LogP contribution in [0.1, 0.15) is 12.5 Å². The van der Waals surface area contributed by atoms with Crippen LogP contribution in [-0.4, -0.2) is 32.9 Å². The molecule has 0 bridgehead atoms. The lowest BCUT2D eigenvalue weighted by Crippen LogP contribution is -2.11. The number of methoxy groups -OCH3 is 1. The molecule has 0 saturated carbocycles. The van der Waals surface area contributed by atoms with Gasteiger partial charge in [0.2, 0.25) is 0 Å². The number of esters is 1. The minimum atomic E-state index is -0.661. The Hall–Kier alpha value is -2.32. The largest absolute Gasteiger partial charge is 0.494 e. The van der Waals surface area contributed by atoms with E-state index in [0.717, 1.165) is 0 Å². The third kappa shape index (κ3) is 5.12. The molecule has 1 aromatic rings. The number of nitriles is 1. The van der Waals surface area contributed by atoms with E-state index in [0.29, 0.717) is 24.5 Å². The predicted molar refractivity (Wildman–Crippen MR) is 74.0 cm³/mol. The molecule has 0 N–H and O–H groups in total. The summed E-state index contributed by atoms with van der Waals surface area (Å²) < 4.78 is 15.0. The highest BCUT2D eigenvalue weighted by Gasteiger charge is 2.10. The highest BCUT2D eigenvalue weighted by Crippen LogP contribution is 2.16. The molecule has 0 aliphatic heterocycles. The highest BCUT2D eigenvalue weighted by molar-refractivity contribution is 5.97. The average molecular weight is 275 g/mol. The number of carbonyl (C=O) groups excluding carboxylic acids is 1. The first kappa shape index (κ1) is 15.7. The maximum absolute atomic E-state index is 11.7. The number of carbonyl (C=O) groups is 1. The van der Waals surface area contributed by atoms with Crippen molar-refractivity contribution in [1.82, 2.24) is 0 Å². The molecule has 0 aromatic heterocycles. The molecule has 0 radical (unpaired) electrons. The van der Waals surface area contributed by atoms with Crippen LogP contribution in [0.2, 0.25) is 0 Å². The van der Waals surface area contributed by atoms with Gasteiger partial charge in [-0.1, -0.05) is 12.1 Å². The normalized spacial score (nSPS) is 10.8. The van der Waals surface area contributed by atoms with E-state index >= 15 is 0 Å². The average Bonchev–Trinajstić information content (AvgIpc) is 2.45. The zero-order chi connectivity index (χ0) is 14.8. The minimum absolute atomic E-state index is 0.0604. The van der Waals surface area contributed by atoms with Crippen molar-refractivity contribution in [2.24, 2.45) is 0 Å². The van der Waals surface area contributed by atoms with Gasteiger partial charge in [-0.3, -0.25) is 0 Å². The summed E-state index contributed by atoms with van der Waals surface area (Å²) in [4.78, 5) is 11.7. The molecule has 0 unspecified atom stereocenters. The van der Waals surface area contributed by atoms with Gasteiger partial charge in [0.1, 0.15) is 24.0 Å². The molecule has 0 spiro atoms. The van der Waals surface area contributed by atoms with Crippen LogP contribution in [0.5, 0.6) is 5.75 Å². The number of benzene rings is 1. The monoisotopic (exact) mass is 275 g/mol. The molecule has 1 aromatic carbocycles. The molecule has 0 amide bonds.